The average molecular weight is 386 g/mol. The number of ether oxygens (including phenoxy) is 2. The molecule has 0 aromatic rings. The van der Waals surface area contributed by atoms with Crippen LogP contribution in [0.15, 0.2) is 0 Å². The van der Waals surface area contributed by atoms with E-state index in [-0.39, 0.29) is 24.2 Å². The van der Waals surface area contributed by atoms with Crippen LogP contribution >= 0.6 is 0 Å². The van der Waals surface area contributed by atoms with Crippen LogP contribution in [0.25, 0.3) is 0 Å². The van der Waals surface area contributed by atoms with E-state index in [1.165, 1.54) is 0 Å². The molecule has 0 aliphatic heterocycles. The Labute approximate surface area is 158 Å². The molecule has 4 bridgehead atoms. The van der Waals surface area contributed by atoms with Gasteiger partial charge >= 0.3 is 23.8 Å². The van der Waals surface area contributed by atoms with Crippen LogP contribution in [0.4, 0.5) is 8.78 Å². The minimum atomic E-state index is -3.72. The molecular weight excluding hydrogens is 358 g/mol. The number of alkyl halides is 2. The molecule has 4 rings (SSSR count). The molecule has 4 fully saturated rings. The zero-order chi connectivity index (χ0) is 20.3. The topological polar surface area (TPSA) is 69.7 Å². The maximum absolute atomic E-state index is 13.2. The van der Waals surface area contributed by atoms with Gasteiger partial charge in [-0.3, -0.25) is 9.59 Å². The fourth-order valence-electron chi connectivity index (χ4n) is 5.30. The molecule has 2 unspecified atom stereocenters. The quantitative estimate of drug-likeness (QED) is 0.527. The van der Waals surface area contributed by atoms with Crippen LogP contribution < -0.4 is 0 Å². The summed E-state index contributed by atoms with van der Waals surface area (Å²) in [5, 5.41) is 0. The highest BCUT2D eigenvalue weighted by Crippen LogP contribution is 2.63. The standard InChI is InChI=1S/C20H28F2O5/c1-5-17(2,3)14(23)27-20-9-12-6-13(10-20)8-19(7-12,11-20)16(25)26-15(24)18(4,21)22/h12-13H,5-11H2,1-4H3. The van der Waals surface area contributed by atoms with Gasteiger partial charge in [-0.15, -0.1) is 0 Å². The molecule has 4 aliphatic rings. The first-order valence-electron chi connectivity index (χ1n) is 9.69. The first kappa shape index (κ1) is 20.2. The Kier molecular flexibility index (Phi) is 4.67. The van der Waals surface area contributed by atoms with Crippen LogP contribution in [0.3, 0.4) is 0 Å². The highest BCUT2D eigenvalue weighted by molar-refractivity contribution is 5.92. The summed E-state index contributed by atoms with van der Waals surface area (Å²) in [5.74, 6) is -6.37. The molecule has 0 radical (unpaired) electrons. The van der Waals surface area contributed by atoms with Crippen LogP contribution in [0.5, 0.6) is 0 Å². The predicted octanol–water partition coefficient (Wildman–Crippen LogP) is 4.03. The minimum absolute atomic E-state index is 0.175. The van der Waals surface area contributed by atoms with Crippen molar-refractivity contribution in [3.8, 4) is 0 Å². The van der Waals surface area contributed by atoms with Crippen molar-refractivity contribution in [2.75, 3.05) is 0 Å². The van der Waals surface area contributed by atoms with Crippen molar-refractivity contribution >= 4 is 17.9 Å². The highest BCUT2D eigenvalue weighted by atomic mass is 19.3. The fraction of sp³-hybridized carbons (Fsp3) is 0.850. The van der Waals surface area contributed by atoms with Gasteiger partial charge in [0.25, 0.3) is 0 Å². The third-order valence-electron chi connectivity index (χ3n) is 6.73. The van der Waals surface area contributed by atoms with Crippen molar-refractivity contribution in [1.82, 2.24) is 0 Å². The predicted molar refractivity (Wildman–Crippen MR) is 91.7 cm³/mol. The van der Waals surface area contributed by atoms with Gasteiger partial charge < -0.3 is 9.47 Å². The second kappa shape index (κ2) is 6.24. The Morgan fingerprint density at radius 2 is 1.56 bits per heavy atom. The van der Waals surface area contributed by atoms with E-state index < -0.39 is 34.3 Å². The molecule has 0 amide bonds. The summed E-state index contributed by atoms with van der Waals surface area (Å²) in [6, 6.07) is 0. The summed E-state index contributed by atoms with van der Waals surface area (Å²) in [6.45, 7) is 5.97. The smallest absolute Gasteiger partial charge is 0.384 e. The van der Waals surface area contributed by atoms with E-state index in [0.717, 1.165) is 6.42 Å². The lowest BCUT2D eigenvalue weighted by Crippen LogP contribution is -2.60. The normalized spacial score (nSPS) is 35.0. The van der Waals surface area contributed by atoms with Crippen molar-refractivity contribution in [2.24, 2.45) is 22.7 Å². The first-order valence-corrected chi connectivity index (χ1v) is 9.69. The Bertz CT molecular complexity index is 650. The molecule has 0 aromatic heterocycles. The Morgan fingerprint density at radius 3 is 2.04 bits per heavy atom. The molecule has 2 atom stereocenters. The number of esters is 3. The van der Waals surface area contributed by atoms with Crippen LogP contribution in [0.1, 0.15) is 72.6 Å². The molecule has 5 nitrogen and oxygen atoms in total. The first-order chi connectivity index (χ1) is 12.3. The average Bonchev–Trinajstić information content (AvgIpc) is 2.52. The van der Waals surface area contributed by atoms with Crippen molar-refractivity contribution in [1.29, 1.82) is 0 Å². The summed E-state index contributed by atoms with van der Waals surface area (Å²) in [6.07, 6.45) is 4.18. The second-order valence-corrected chi connectivity index (χ2v) is 9.62. The van der Waals surface area contributed by atoms with Gasteiger partial charge in [0.05, 0.1) is 10.8 Å². The van der Waals surface area contributed by atoms with Crippen molar-refractivity contribution < 1.29 is 32.6 Å². The molecule has 152 valence electrons. The molecular formula is C20H28F2O5. The Balaban J connectivity index is 1.82. The third kappa shape index (κ3) is 3.61. The summed E-state index contributed by atoms with van der Waals surface area (Å²) in [7, 11) is 0. The lowest BCUT2D eigenvalue weighted by atomic mass is 9.48. The monoisotopic (exact) mass is 386 g/mol. The molecule has 4 saturated carbocycles. The van der Waals surface area contributed by atoms with Crippen molar-refractivity contribution in [2.45, 2.75) is 84.2 Å². The molecule has 0 spiro atoms. The van der Waals surface area contributed by atoms with E-state index in [4.69, 9.17) is 4.74 Å². The molecule has 0 aromatic carbocycles. The Hall–Kier alpha value is -1.53. The maximum atomic E-state index is 13.2. The number of rotatable bonds is 5. The van der Waals surface area contributed by atoms with Gasteiger partial charge in [0.15, 0.2) is 0 Å². The number of hydrogen-bond donors (Lipinski definition) is 0. The minimum Gasteiger partial charge on any atom is -0.459 e. The van der Waals surface area contributed by atoms with E-state index in [0.29, 0.717) is 39.0 Å². The van der Waals surface area contributed by atoms with Gasteiger partial charge in [0.2, 0.25) is 0 Å². The zero-order valence-electron chi connectivity index (χ0n) is 16.4. The Morgan fingerprint density at radius 1 is 1.00 bits per heavy atom. The second-order valence-electron chi connectivity index (χ2n) is 9.62. The maximum Gasteiger partial charge on any atom is 0.384 e. The van der Waals surface area contributed by atoms with Crippen LogP contribution in [-0.2, 0) is 23.9 Å². The van der Waals surface area contributed by atoms with Gasteiger partial charge in [-0.05, 0) is 64.2 Å². The van der Waals surface area contributed by atoms with Gasteiger partial charge in [-0.2, -0.15) is 8.78 Å². The number of carbonyl (C=O) groups excluding carboxylic acids is 3. The third-order valence-corrected chi connectivity index (χ3v) is 6.73. The van der Waals surface area contributed by atoms with E-state index in [1.807, 2.05) is 20.8 Å². The van der Waals surface area contributed by atoms with Gasteiger partial charge in [-0.1, -0.05) is 6.92 Å². The molecule has 0 saturated heterocycles. The highest BCUT2D eigenvalue weighted by Gasteiger charge is 2.64. The van der Waals surface area contributed by atoms with Crippen molar-refractivity contribution in [3.05, 3.63) is 0 Å². The van der Waals surface area contributed by atoms with E-state index in [9.17, 15) is 23.2 Å². The van der Waals surface area contributed by atoms with Gasteiger partial charge in [-0.25, -0.2) is 4.79 Å². The number of hydrogen-bond acceptors (Lipinski definition) is 5. The van der Waals surface area contributed by atoms with Crippen LogP contribution in [-0.4, -0.2) is 29.4 Å². The summed E-state index contributed by atoms with van der Waals surface area (Å²) < 4.78 is 36.9. The molecule has 4 aliphatic carbocycles. The largest absolute Gasteiger partial charge is 0.459 e. The van der Waals surface area contributed by atoms with E-state index in [1.54, 1.807) is 0 Å². The summed E-state index contributed by atoms with van der Waals surface area (Å²) >= 11 is 0. The number of halogens is 2. The van der Waals surface area contributed by atoms with E-state index >= 15 is 0 Å². The lowest BCUT2D eigenvalue weighted by molar-refractivity contribution is -0.220. The van der Waals surface area contributed by atoms with Crippen LogP contribution in [0.2, 0.25) is 0 Å². The summed E-state index contributed by atoms with van der Waals surface area (Å²) in [5.41, 5.74) is -2.40. The number of carbonyl (C=O) groups is 3. The molecule has 7 heteroatoms. The molecule has 0 heterocycles. The zero-order valence-corrected chi connectivity index (χ0v) is 16.4. The summed E-state index contributed by atoms with van der Waals surface area (Å²) in [4.78, 5) is 36.9. The van der Waals surface area contributed by atoms with Crippen molar-refractivity contribution in [3.63, 3.8) is 0 Å². The molecule has 27 heavy (non-hydrogen) atoms. The van der Waals surface area contributed by atoms with Crippen LogP contribution in [0, 0.1) is 22.7 Å². The van der Waals surface area contributed by atoms with E-state index in [2.05, 4.69) is 4.74 Å². The fourth-order valence-corrected chi connectivity index (χ4v) is 5.30. The SMILES string of the molecule is CCC(C)(C)C(=O)OC12CC3CC(C1)CC(C(=O)OC(=O)C(C)(F)F)(C3)C2. The van der Waals surface area contributed by atoms with Gasteiger partial charge in [0.1, 0.15) is 5.60 Å². The lowest BCUT2D eigenvalue weighted by Gasteiger charge is -2.60. The van der Waals surface area contributed by atoms with Gasteiger partial charge in [0, 0.05) is 13.3 Å². The molecule has 0 N–H and O–H groups in total.